The maximum Gasteiger partial charge on any atom is 0.243 e. The molecule has 27 heavy (non-hydrogen) atoms. The normalized spacial score (nSPS) is 20.8. The molecule has 1 N–H and O–H groups in total. The van der Waals surface area contributed by atoms with Gasteiger partial charge in [-0.25, -0.2) is 4.98 Å². The molecule has 2 aromatic rings. The van der Waals surface area contributed by atoms with E-state index in [1.165, 1.54) is 18.4 Å². The van der Waals surface area contributed by atoms with Crippen molar-refractivity contribution in [3.8, 4) is 0 Å². The second-order valence-corrected chi connectivity index (χ2v) is 8.18. The molecule has 1 aromatic carbocycles. The van der Waals surface area contributed by atoms with Gasteiger partial charge in [-0.1, -0.05) is 43.2 Å². The number of nitrogens with one attached hydrogen (secondary N) is 1. The third-order valence-corrected chi connectivity index (χ3v) is 5.91. The largest absolute Gasteiger partial charge is 0.352 e. The Balaban J connectivity index is 1.65. The summed E-state index contributed by atoms with van der Waals surface area (Å²) in [5.41, 5.74) is 3.41. The van der Waals surface area contributed by atoms with Crippen molar-refractivity contribution in [3.63, 3.8) is 0 Å². The SMILES string of the molecule is CC(C)n1cnc2c1C(C(=O)NC1CCCC1)N(Cc1ccccc1)CC2. The van der Waals surface area contributed by atoms with Crippen LogP contribution in [-0.2, 0) is 17.8 Å². The first-order valence-electron chi connectivity index (χ1n) is 10.3. The number of hydrogen-bond donors (Lipinski definition) is 1. The standard InChI is InChI=1S/C22H30N4O/c1-16(2)26-15-23-19-12-13-25(14-17-8-4-3-5-9-17)21(20(19)26)22(27)24-18-10-6-7-11-18/h3-5,8-9,15-16,18,21H,6-7,10-14H2,1-2H3,(H,24,27). The Kier molecular flexibility index (Phi) is 5.30. The zero-order valence-corrected chi connectivity index (χ0v) is 16.4. The molecule has 1 atom stereocenters. The summed E-state index contributed by atoms with van der Waals surface area (Å²) in [6.07, 6.45) is 7.46. The number of benzene rings is 1. The van der Waals surface area contributed by atoms with Crippen molar-refractivity contribution in [1.82, 2.24) is 19.8 Å². The molecule has 1 saturated carbocycles. The van der Waals surface area contributed by atoms with Crippen LogP contribution in [0.3, 0.4) is 0 Å². The molecule has 1 aliphatic heterocycles. The highest BCUT2D eigenvalue weighted by molar-refractivity contribution is 5.83. The van der Waals surface area contributed by atoms with E-state index in [9.17, 15) is 4.79 Å². The minimum atomic E-state index is -0.264. The summed E-state index contributed by atoms with van der Waals surface area (Å²) in [7, 11) is 0. The van der Waals surface area contributed by atoms with Crippen LogP contribution in [0.5, 0.6) is 0 Å². The molecule has 1 amide bonds. The lowest BCUT2D eigenvalue weighted by Gasteiger charge is -2.36. The highest BCUT2D eigenvalue weighted by Crippen LogP contribution is 2.33. The van der Waals surface area contributed by atoms with Crippen LogP contribution in [0.2, 0.25) is 0 Å². The summed E-state index contributed by atoms with van der Waals surface area (Å²) < 4.78 is 2.19. The molecule has 2 aliphatic rings. The number of aromatic nitrogens is 2. The van der Waals surface area contributed by atoms with Gasteiger partial charge in [0.1, 0.15) is 6.04 Å². The van der Waals surface area contributed by atoms with E-state index in [1.54, 1.807) is 0 Å². The van der Waals surface area contributed by atoms with Gasteiger partial charge in [0.2, 0.25) is 5.91 Å². The maximum atomic E-state index is 13.4. The van der Waals surface area contributed by atoms with Crippen molar-refractivity contribution in [1.29, 1.82) is 0 Å². The van der Waals surface area contributed by atoms with Crippen molar-refractivity contribution in [3.05, 3.63) is 53.6 Å². The molecule has 1 aliphatic carbocycles. The van der Waals surface area contributed by atoms with E-state index in [1.807, 2.05) is 12.4 Å². The quantitative estimate of drug-likeness (QED) is 0.879. The third kappa shape index (κ3) is 3.79. The van der Waals surface area contributed by atoms with Crippen LogP contribution in [0.15, 0.2) is 36.7 Å². The molecule has 2 heterocycles. The fraction of sp³-hybridized carbons (Fsp3) is 0.545. The van der Waals surface area contributed by atoms with Crippen molar-refractivity contribution < 1.29 is 4.79 Å². The predicted molar refractivity (Wildman–Crippen MR) is 106 cm³/mol. The minimum Gasteiger partial charge on any atom is -0.352 e. The van der Waals surface area contributed by atoms with Crippen molar-refractivity contribution in [2.75, 3.05) is 6.54 Å². The molecule has 0 bridgehead atoms. The van der Waals surface area contributed by atoms with E-state index in [-0.39, 0.29) is 11.9 Å². The number of fused-ring (bicyclic) bond motifs is 1. The Morgan fingerprint density at radius 3 is 2.67 bits per heavy atom. The summed E-state index contributed by atoms with van der Waals surface area (Å²) >= 11 is 0. The van der Waals surface area contributed by atoms with E-state index in [4.69, 9.17) is 0 Å². The molecular weight excluding hydrogens is 336 g/mol. The number of carbonyl (C=O) groups excluding carboxylic acids is 1. The highest BCUT2D eigenvalue weighted by Gasteiger charge is 2.37. The van der Waals surface area contributed by atoms with Gasteiger partial charge in [-0.05, 0) is 32.3 Å². The molecule has 1 fully saturated rings. The molecule has 4 rings (SSSR count). The van der Waals surface area contributed by atoms with Crippen LogP contribution in [0, 0.1) is 0 Å². The Hall–Kier alpha value is -2.14. The minimum absolute atomic E-state index is 0.140. The second-order valence-electron chi connectivity index (χ2n) is 8.18. The van der Waals surface area contributed by atoms with E-state index in [2.05, 4.69) is 57.9 Å². The van der Waals surface area contributed by atoms with Crippen LogP contribution in [0.4, 0.5) is 0 Å². The van der Waals surface area contributed by atoms with Crippen LogP contribution in [0.25, 0.3) is 0 Å². The smallest absolute Gasteiger partial charge is 0.243 e. The number of amides is 1. The van der Waals surface area contributed by atoms with Gasteiger partial charge in [0.25, 0.3) is 0 Å². The Morgan fingerprint density at radius 1 is 1.22 bits per heavy atom. The number of rotatable bonds is 5. The zero-order valence-electron chi connectivity index (χ0n) is 16.4. The van der Waals surface area contributed by atoms with Gasteiger partial charge < -0.3 is 9.88 Å². The highest BCUT2D eigenvalue weighted by atomic mass is 16.2. The fourth-order valence-electron chi connectivity index (χ4n) is 4.49. The third-order valence-electron chi connectivity index (χ3n) is 5.91. The molecule has 0 saturated heterocycles. The molecule has 0 radical (unpaired) electrons. The number of carbonyl (C=O) groups is 1. The monoisotopic (exact) mass is 366 g/mol. The van der Waals surface area contributed by atoms with Crippen molar-refractivity contribution >= 4 is 5.91 Å². The van der Waals surface area contributed by atoms with Crippen molar-refractivity contribution in [2.24, 2.45) is 0 Å². The van der Waals surface area contributed by atoms with Gasteiger partial charge in [0, 0.05) is 31.6 Å². The molecular formula is C22H30N4O. The average molecular weight is 367 g/mol. The average Bonchev–Trinajstić information content (AvgIpc) is 3.31. The van der Waals surface area contributed by atoms with E-state index < -0.39 is 0 Å². The molecule has 1 unspecified atom stereocenters. The maximum absolute atomic E-state index is 13.4. The Labute approximate surface area is 161 Å². The lowest BCUT2D eigenvalue weighted by molar-refractivity contribution is -0.128. The topological polar surface area (TPSA) is 50.2 Å². The number of nitrogens with zero attached hydrogens (tertiary/aromatic N) is 3. The molecule has 0 spiro atoms. The van der Waals surface area contributed by atoms with Gasteiger partial charge in [0.15, 0.2) is 0 Å². The summed E-state index contributed by atoms with van der Waals surface area (Å²) in [6, 6.07) is 10.8. The van der Waals surface area contributed by atoms with Crippen LogP contribution < -0.4 is 5.32 Å². The zero-order chi connectivity index (χ0) is 18.8. The molecule has 1 aromatic heterocycles. The summed E-state index contributed by atoms with van der Waals surface area (Å²) in [5.74, 6) is 0.140. The van der Waals surface area contributed by atoms with E-state index >= 15 is 0 Å². The first-order chi connectivity index (χ1) is 13.1. The Bertz CT molecular complexity index is 777. The van der Waals surface area contributed by atoms with Gasteiger partial charge in [-0.2, -0.15) is 0 Å². The van der Waals surface area contributed by atoms with E-state index in [0.29, 0.717) is 12.1 Å². The number of imidazole rings is 1. The van der Waals surface area contributed by atoms with Crippen molar-refractivity contribution in [2.45, 2.75) is 70.6 Å². The van der Waals surface area contributed by atoms with E-state index in [0.717, 1.165) is 43.7 Å². The van der Waals surface area contributed by atoms with Crippen LogP contribution in [0.1, 0.15) is 68.6 Å². The molecule has 5 nitrogen and oxygen atoms in total. The Morgan fingerprint density at radius 2 is 1.96 bits per heavy atom. The first kappa shape index (κ1) is 18.2. The second kappa shape index (κ2) is 7.85. The van der Waals surface area contributed by atoms with Gasteiger partial charge in [0.05, 0.1) is 17.7 Å². The van der Waals surface area contributed by atoms with Crippen LogP contribution in [-0.4, -0.2) is 32.9 Å². The van der Waals surface area contributed by atoms with Gasteiger partial charge in [-0.3, -0.25) is 9.69 Å². The van der Waals surface area contributed by atoms with Crippen LogP contribution >= 0.6 is 0 Å². The molecule has 144 valence electrons. The summed E-state index contributed by atoms with van der Waals surface area (Å²) in [6.45, 7) is 5.96. The summed E-state index contributed by atoms with van der Waals surface area (Å²) in [5, 5.41) is 3.34. The first-order valence-corrected chi connectivity index (χ1v) is 10.3. The van der Waals surface area contributed by atoms with Gasteiger partial charge in [-0.15, -0.1) is 0 Å². The molecule has 5 heteroatoms. The van der Waals surface area contributed by atoms with Gasteiger partial charge >= 0.3 is 0 Å². The number of hydrogen-bond acceptors (Lipinski definition) is 3. The lowest BCUT2D eigenvalue weighted by Crippen LogP contribution is -2.47. The summed E-state index contributed by atoms with van der Waals surface area (Å²) in [4.78, 5) is 20.4. The fourth-order valence-corrected chi connectivity index (χ4v) is 4.49. The lowest BCUT2D eigenvalue weighted by atomic mass is 9.99. The predicted octanol–water partition coefficient (Wildman–Crippen LogP) is 3.62.